The smallest absolute Gasteiger partial charge is 0.344 e. The highest BCUT2D eigenvalue weighted by molar-refractivity contribution is 5.91. The quantitative estimate of drug-likeness (QED) is 0.469. The minimum absolute atomic E-state index is 0.0123. The standard InChI is InChI=1S/C16H12F4O2/c1-7-4-8(2)6-9(5-7)10-12(17)14(19)11(16(21)22-3)15(20)13(10)18/h4-6H,1-3H3. The van der Waals surface area contributed by atoms with Gasteiger partial charge in [0.1, 0.15) is 5.56 Å². The summed E-state index contributed by atoms with van der Waals surface area (Å²) >= 11 is 0. The Hall–Kier alpha value is -2.37. The van der Waals surface area contributed by atoms with Gasteiger partial charge in [0.25, 0.3) is 0 Å². The van der Waals surface area contributed by atoms with Crippen LogP contribution in [-0.2, 0) is 4.74 Å². The zero-order valence-electron chi connectivity index (χ0n) is 12.1. The minimum atomic E-state index is -1.78. The van der Waals surface area contributed by atoms with Crippen LogP contribution in [0, 0.1) is 37.1 Å². The van der Waals surface area contributed by atoms with Crippen molar-refractivity contribution in [3.8, 4) is 11.1 Å². The van der Waals surface area contributed by atoms with Crippen LogP contribution in [0.3, 0.4) is 0 Å². The molecule has 0 radical (unpaired) electrons. The average molecular weight is 312 g/mol. The summed E-state index contributed by atoms with van der Waals surface area (Å²) in [7, 11) is 0.856. The summed E-state index contributed by atoms with van der Waals surface area (Å²) in [6, 6.07) is 4.53. The zero-order chi connectivity index (χ0) is 16.6. The van der Waals surface area contributed by atoms with Gasteiger partial charge in [0.05, 0.1) is 12.7 Å². The Bertz CT molecular complexity index is 720. The second kappa shape index (κ2) is 5.79. The number of rotatable bonds is 2. The van der Waals surface area contributed by atoms with Crippen LogP contribution in [0.4, 0.5) is 17.6 Å². The molecule has 0 saturated carbocycles. The van der Waals surface area contributed by atoms with Gasteiger partial charge in [-0.15, -0.1) is 0 Å². The highest BCUT2D eigenvalue weighted by Gasteiger charge is 2.30. The van der Waals surface area contributed by atoms with Crippen molar-refractivity contribution >= 4 is 5.97 Å². The summed E-state index contributed by atoms with van der Waals surface area (Å²) in [5, 5.41) is 0. The first kappa shape index (κ1) is 16.0. The molecule has 0 aliphatic rings. The first-order valence-electron chi connectivity index (χ1n) is 6.30. The zero-order valence-corrected chi connectivity index (χ0v) is 12.1. The lowest BCUT2D eigenvalue weighted by atomic mass is 9.97. The maximum absolute atomic E-state index is 14.2. The molecule has 22 heavy (non-hydrogen) atoms. The van der Waals surface area contributed by atoms with E-state index in [1.807, 2.05) is 0 Å². The first-order valence-corrected chi connectivity index (χ1v) is 6.30. The minimum Gasteiger partial charge on any atom is -0.465 e. The second-order valence-corrected chi connectivity index (χ2v) is 4.87. The van der Waals surface area contributed by atoms with Crippen molar-refractivity contribution in [2.75, 3.05) is 7.11 Å². The molecule has 0 amide bonds. The summed E-state index contributed by atoms with van der Waals surface area (Å²) in [6.07, 6.45) is 0. The molecular formula is C16H12F4O2. The number of hydrogen-bond acceptors (Lipinski definition) is 2. The van der Waals surface area contributed by atoms with Gasteiger partial charge in [0, 0.05) is 0 Å². The van der Waals surface area contributed by atoms with Crippen LogP contribution in [0.5, 0.6) is 0 Å². The Labute approximate surface area is 124 Å². The van der Waals surface area contributed by atoms with Crippen LogP contribution >= 0.6 is 0 Å². The number of hydrogen-bond donors (Lipinski definition) is 0. The maximum atomic E-state index is 14.2. The van der Waals surface area contributed by atoms with E-state index in [4.69, 9.17) is 0 Å². The van der Waals surface area contributed by atoms with Gasteiger partial charge >= 0.3 is 5.97 Å². The molecule has 2 aromatic rings. The first-order chi connectivity index (χ1) is 10.3. The fourth-order valence-corrected chi connectivity index (χ4v) is 2.29. The van der Waals surface area contributed by atoms with E-state index < -0.39 is 40.4 Å². The normalized spacial score (nSPS) is 10.7. The Morgan fingerprint density at radius 2 is 1.32 bits per heavy atom. The van der Waals surface area contributed by atoms with Crippen LogP contribution in [0.25, 0.3) is 11.1 Å². The number of aryl methyl sites for hydroxylation is 2. The Morgan fingerprint density at radius 3 is 1.73 bits per heavy atom. The van der Waals surface area contributed by atoms with E-state index in [0.717, 1.165) is 7.11 Å². The van der Waals surface area contributed by atoms with Gasteiger partial charge in [-0.25, -0.2) is 22.4 Å². The molecule has 0 fully saturated rings. The third-order valence-corrected chi connectivity index (χ3v) is 3.16. The van der Waals surface area contributed by atoms with E-state index in [-0.39, 0.29) is 5.56 Å². The largest absolute Gasteiger partial charge is 0.465 e. The number of ether oxygens (including phenoxy) is 1. The fourth-order valence-electron chi connectivity index (χ4n) is 2.29. The summed E-state index contributed by atoms with van der Waals surface area (Å²) in [6.45, 7) is 3.36. The molecule has 0 N–H and O–H groups in total. The lowest BCUT2D eigenvalue weighted by Crippen LogP contribution is -2.13. The van der Waals surface area contributed by atoms with Crippen molar-refractivity contribution in [3.05, 3.63) is 58.2 Å². The van der Waals surface area contributed by atoms with Gasteiger partial charge in [-0.1, -0.05) is 29.3 Å². The van der Waals surface area contributed by atoms with E-state index in [2.05, 4.69) is 4.74 Å². The van der Waals surface area contributed by atoms with Crippen molar-refractivity contribution in [1.82, 2.24) is 0 Å². The van der Waals surface area contributed by atoms with Gasteiger partial charge in [-0.3, -0.25) is 0 Å². The molecule has 0 atom stereocenters. The molecule has 0 saturated heterocycles. The van der Waals surface area contributed by atoms with Crippen LogP contribution in [0.2, 0.25) is 0 Å². The highest BCUT2D eigenvalue weighted by atomic mass is 19.2. The molecule has 116 valence electrons. The molecule has 0 heterocycles. The van der Waals surface area contributed by atoms with Crippen LogP contribution in [-0.4, -0.2) is 13.1 Å². The Kier molecular flexibility index (Phi) is 4.21. The summed E-state index contributed by atoms with van der Waals surface area (Å²) in [5.41, 5.74) is -0.903. The van der Waals surface area contributed by atoms with E-state index in [0.29, 0.717) is 11.1 Å². The monoisotopic (exact) mass is 312 g/mol. The lowest BCUT2D eigenvalue weighted by Gasteiger charge is -2.12. The molecule has 2 rings (SSSR count). The van der Waals surface area contributed by atoms with Gasteiger partial charge in [-0.2, -0.15) is 0 Å². The number of esters is 1. The number of methoxy groups -OCH3 is 1. The number of halogens is 4. The topological polar surface area (TPSA) is 26.3 Å². The lowest BCUT2D eigenvalue weighted by molar-refractivity contribution is 0.0587. The van der Waals surface area contributed by atoms with Crippen molar-refractivity contribution in [2.24, 2.45) is 0 Å². The third-order valence-electron chi connectivity index (χ3n) is 3.16. The van der Waals surface area contributed by atoms with Crippen molar-refractivity contribution in [2.45, 2.75) is 13.8 Å². The summed E-state index contributed by atoms with van der Waals surface area (Å²) in [5.74, 6) is -8.31. The second-order valence-electron chi connectivity index (χ2n) is 4.87. The molecule has 0 aromatic heterocycles. The number of benzene rings is 2. The molecule has 6 heteroatoms. The van der Waals surface area contributed by atoms with Crippen LogP contribution < -0.4 is 0 Å². The number of carbonyl (C=O) groups is 1. The molecule has 2 nitrogen and oxygen atoms in total. The molecule has 0 unspecified atom stereocenters. The third kappa shape index (κ3) is 2.56. The average Bonchev–Trinajstić information content (AvgIpc) is 2.44. The fraction of sp³-hybridized carbons (Fsp3) is 0.188. The van der Waals surface area contributed by atoms with Crippen molar-refractivity contribution < 1.29 is 27.1 Å². The number of carbonyl (C=O) groups excluding carboxylic acids is 1. The van der Waals surface area contributed by atoms with E-state index >= 15 is 0 Å². The van der Waals surface area contributed by atoms with Crippen molar-refractivity contribution in [1.29, 1.82) is 0 Å². The highest BCUT2D eigenvalue weighted by Crippen LogP contribution is 2.33. The molecule has 2 aromatic carbocycles. The Balaban J connectivity index is 2.81. The van der Waals surface area contributed by atoms with Gasteiger partial charge in [0.15, 0.2) is 23.3 Å². The SMILES string of the molecule is COC(=O)c1c(F)c(F)c(-c2cc(C)cc(C)c2)c(F)c1F. The van der Waals surface area contributed by atoms with Gasteiger partial charge in [-0.05, 0) is 19.4 Å². The molecule has 0 spiro atoms. The van der Waals surface area contributed by atoms with Gasteiger partial charge < -0.3 is 4.74 Å². The molecule has 0 aliphatic heterocycles. The predicted molar refractivity (Wildman–Crippen MR) is 72.5 cm³/mol. The van der Waals surface area contributed by atoms with E-state index in [9.17, 15) is 22.4 Å². The van der Waals surface area contributed by atoms with Gasteiger partial charge in [0.2, 0.25) is 0 Å². The van der Waals surface area contributed by atoms with E-state index in [1.165, 1.54) is 12.1 Å². The Morgan fingerprint density at radius 1 is 0.864 bits per heavy atom. The van der Waals surface area contributed by atoms with Crippen molar-refractivity contribution in [3.63, 3.8) is 0 Å². The summed E-state index contributed by atoms with van der Waals surface area (Å²) < 4.78 is 60.3. The van der Waals surface area contributed by atoms with Crippen LogP contribution in [0.1, 0.15) is 21.5 Å². The predicted octanol–water partition coefficient (Wildman–Crippen LogP) is 4.31. The summed E-state index contributed by atoms with van der Waals surface area (Å²) in [4.78, 5) is 11.3. The molecular weight excluding hydrogens is 300 g/mol. The van der Waals surface area contributed by atoms with Crippen LogP contribution in [0.15, 0.2) is 18.2 Å². The maximum Gasteiger partial charge on any atom is 0.344 e. The van der Waals surface area contributed by atoms with E-state index in [1.54, 1.807) is 19.9 Å². The molecule has 0 aliphatic carbocycles. The molecule has 0 bridgehead atoms.